The van der Waals surface area contributed by atoms with E-state index in [4.69, 9.17) is 0 Å². The maximum Gasteiger partial charge on any atom is 0.161 e. The van der Waals surface area contributed by atoms with Crippen molar-refractivity contribution in [3.8, 4) is 0 Å². The maximum absolute atomic E-state index is 2.90. The Labute approximate surface area is 124 Å². The van der Waals surface area contributed by atoms with Gasteiger partial charge in [0.15, 0.2) is 6.21 Å². The van der Waals surface area contributed by atoms with Gasteiger partial charge in [-0.3, -0.25) is 4.99 Å². The molecule has 0 spiro atoms. The summed E-state index contributed by atoms with van der Waals surface area (Å²) in [5, 5.41) is 2.90. The van der Waals surface area contributed by atoms with Crippen LogP contribution in [0.25, 0.3) is 0 Å². The predicted molar refractivity (Wildman–Crippen MR) is 99.0 cm³/mol. The van der Waals surface area contributed by atoms with Crippen LogP contribution in [0.15, 0.2) is 48.7 Å². The molecule has 0 atom stereocenters. The smallest absolute Gasteiger partial charge is 0.161 e. The summed E-state index contributed by atoms with van der Waals surface area (Å²) in [6, 6.07) is 0. The molecule has 0 aromatic heterocycles. The van der Waals surface area contributed by atoms with Gasteiger partial charge in [-0.25, -0.2) is 0 Å². The molecule has 0 aromatic carbocycles. The first-order valence-electron chi connectivity index (χ1n) is 4.24. The van der Waals surface area contributed by atoms with Crippen LogP contribution in [-0.4, -0.2) is 20.3 Å². The number of rotatable bonds is 5. The monoisotopic (exact) mass is 273 g/mol. The highest BCUT2D eigenvalue weighted by atomic mass is 14.8. The molecule has 2 heteroatoms. The third-order valence-corrected chi connectivity index (χ3v) is 1.19. The van der Waals surface area contributed by atoms with Crippen LogP contribution in [0.3, 0.4) is 0 Å². The van der Waals surface area contributed by atoms with Crippen LogP contribution in [0.4, 0.5) is 0 Å². The Balaban J connectivity index is -0.0000000480. The van der Waals surface area contributed by atoms with Crippen LogP contribution in [0, 0.1) is 0 Å². The van der Waals surface area contributed by atoms with Crippen LogP contribution in [0.1, 0.15) is 44.6 Å². The summed E-state index contributed by atoms with van der Waals surface area (Å²) >= 11 is 0. The Bertz CT molecular complexity index is 234. The summed E-state index contributed by atoms with van der Waals surface area (Å²) in [5.74, 6) is 0. The van der Waals surface area contributed by atoms with E-state index < -0.39 is 0 Å². The molecular formula is C17H41N2+. The van der Waals surface area contributed by atoms with E-state index in [1.807, 2.05) is 69.0 Å². The molecule has 0 unspecified atom stereocenters. The van der Waals surface area contributed by atoms with E-state index in [0.717, 1.165) is 0 Å². The van der Waals surface area contributed by atoms with Crippen molar-refractivity contribution in [2.75, 3.05) is 14.1 Å². The Morgan fingerprint density at radius 2 is 1.00 bits per heavy atom. The average molecular weight is 274 g/mol. The molecule has 0 aromatic rings. The normalized spacial score (nSPS) is 9.16. The number of hydrogen-bond donors (Lipinski definition) is 2. The Kier molecular flexibility index (Phi) is 100. The molecule has 0 amide bonds. The maximum atomic E-state index is 2.90. The van der Waals surface area contributed by atoms with E-state index in [9.17, 15) is 0 Å². The van der Waals surface area contributed by atoms with E-state index >= 15 is 0 Å². The minimum atomic E-state index is 0. The van der Waals surface area contributed by atoms with Gasteiger partial charge in [0.2, 0.25) is 0 Å². The lowest BCUT2D eigenvalue weighted by Gasteiger charge is -1.78. The first-order chi connectivity index (χ1) is 6.41. The lowest BCUT2D eigenvalue weighted by Crippen LogP contribution is -2.62. The zero-order valence-corrected chi connectivity index (χ0v) is 8.20. The first kappa shape index (κ1) is 43.3. The molecule has 2 N–H and O–H groups in total. The van der Waals surface area contributed by atoms with E-state index in [-0.39, 0.29) is 44.6 Å². The highest BCUT2D eigenvalue weighted by Crippen LogP contribution is 1.79. The second-order valence-electron chi connectivity index (χ2n) is 2.26. The van der Waals surface area contributed by atoms with Gasteiger partial charge in [0.25, 0.3) is 0 Å². The topological polar surface area (TPSA) is 26.0 Å². The third kappa shape index (κ3) is 48.1. The molecule has 2 nitrogen and oxygen atoms in total. The molecule has 0 fully saturated rings. The number of hydrogen-bond acceptors (Lipinski definition) is 1. The largest absolute Gasteiger partial charge is 0.394 e. The minimum absolute atomic E-state index is 0. The molecular weight excluding hydrogens is 232 g/mol. The second-order valence-corrected chi connectivity index (χ2v) is 2.26. The summed E-state index contributed by atoms with van der Waals surface area (Å²) in [4.78, 5) is 2.90. The van der Waals surface area contributed by atoms with Crippen LogP contribution in [0.2, 0.25) is 0 Å². The summed E-state index contributed by atoms with van der Waals surface area (Å²) in [5.41, 5.74) is 0. The van der Waals surface area contributed by atoms with E-state index in [2.05, 4.69) is 10.3 Å². The van der Waals surface area contributed by atoms with E-state index in [1.54, 1.807) is 0 Å². The van der Waals surface area contributed by atoms with Crippen LogP contribution in [-0.2, 0) is 0 Å². The fourth-order valence-electron chi connectivity index (χ4n) is 0.624. The second kappa shape index (κ2) is 44.0. The van der Waals surface area contributed by atoms with Crippen molar-refractivity contribution in [3.05, 3.63) is 48.7 Å². The van der Waals surface area contributed by atoms with Crippen molar-refractivity contribution in [1.29, 1.82) is 0 Å². The van der Waals surface area contributed by atoms with Crippen molar-refractivity contribution < 1.29 is 4.99 Å². The average Bonchev–Trinajstić information content (AvgIpc) is 2.16. The quantitative estimate of drug-likeness (QED) is 0.575. The van der Waals surface area contributed by atoms with Gasteiger partial charge in [0.05, 0.1) is 0 Å². The lowest BCUT2D eigenvalue weighted by molar-refractivity contribution is -0.413. The number of nitrogens with one attached hydrogen (secondary N) is 2. The van der Waals surface area contributed by atoms with Gasteiger partial charge in [-0.2, -0.15) is 0 Å². The molecule has 0 radical (unpaired) electrons. The molecule has 0 saturated carbocycles. The zero-order valence-electron chi connectivity index (χ0n) is 8.20. The van der Waals surface area contributed by atoms with Gasteiger partial charge in [-0.1, -0.05) is 74.9 Å². The van der Waals surface area contributed by atoms with Crippen molar-refractivity contribution in [2.24, 2.45) is 0 Å². The van der Waals surface area contributed by atoms with Crippen molar-refractivity contribution in [1.82, 2.24) is 5.32 Å². The van der Waals surface area contributed by atoms with Gasteiger partial charge in [0, 0.05) is 13.1 Å². The van der Waals surface area contributed by atoms with E-state index in [1.165, 1.54) is 0 Å². The van der Waals surface area contributed by atoms with Crippen LogP contribution < -0.4 is 10.3 Å². The van der Waals surface area contributed by atoms with Gasteiger partial charge in [-0.15, -0.1) is 0 Å². The molecule has 0 saturated heterocycles. The zero-order chi connectivity index (χ0) is 9.78. The van der Waals surface area contributed by atoms with Crippen molar-refractivity contribution in [3.63, 3.8) is 0 Å². The predicted octanol–water partition coefficient (Wildman–Crippen LogP) is 3.99. The van der Waals surface area contributed by atoms with Crippen LogP contribution >= 0.6 is 0 Å². The molecule has 118 valence electrons. The Morgan fingerprint density at radius 3 is 1.37 bits per heavy atom. The molecule has 0 aliphatic carbocycles. The molecule has 0 aliphatic heterocycles. The minimum Gasteiger partial charge on any atom is -0.394 e. The van der Waals surface area contributed by atoms with Gasteiger partial charge in [-0.05, 0) is 12.3 Å². The highest BCUT2D eigenvalue weighted by Gasteiger charge is 1.64. The van der Waals surface area contributed by atoms with Gasteiger partial charge < -0.3 is 5.32 Å². The summed E-state index contributed by atoms with van der Waals surface area (Å²) in [6.07, 6.45) is 17.5. The molecule has 19 heavy (non-hydrogen) atoms. The summed E-state index contributed by atoms with van der Waals surface area (Å²) < 4.78 is 0. The molecule has 0 aliphatic rings. The van der Waals surface area contributed by atoms with Crippen molar-refractivity contribution in [2.45, 2.75) is 44.6 Å². The lowest BCUT2D eigenvalue weighted by atomic mass is 10.4. The Hall–Kier alpha value is -1.57. The summed E-state index contributed by atoms with van der Waals surface area (Å²) in [7, 11) is 3.74. The van der Waals surface area contributed by atoms with Crippen LogP contribution in [0.5, 0.6) is 0 Å². The SMILES string of the molecule is C.C.C.C.C.C.CNC=CC=CC=CC=CC=[NH+]C. The standard InChI is InChI=1S/C11H16N2.6CH4/c1-12-10-8-6-4-3-5-7-9-11-13-2;;;;;;/h3-12H,1-2H3;6*1H4/p+1. The van der Waals surface area contributed by atoms with Crippen molar-refractivity contribution >= 4 is 6.21 Å². The third-order valence-electron chi connectivity index (χ3n) is 1.19. The van der Waals surface area contributed by atoms with Gasteiger partial charge >= 0.3 is 0 Å². The molecule has 0 heterocycles. The fourth-order valence-corrected chi connectivity index (χ4v) is 0.624. The highest BCUT2D eigenvalue weighted by molar-refractivity contribution is 5.65. The molecule has 0 rings (SSSR count). The number of allylic oxidation sites excluding steroid dienone is 7. The first-order valence-corrected chi connectivity index (χ1v) is 4.24. The summed E-state index contributed by atoms with van der Waals surface area (Å²) in [6.45, 7) is 0. The molecule has 0 bridgehead atoms. The van der Waals surface area contributed by atoms with E-state index in [0.29, 0.717) is 0 Å². The fraction of sp³-hybridized carbons (Fsp3) is 0.471. The van der Waals surface area contributed by atoms with Gasteiger partial charge in [0.1, 0.15) is 7.05 Å². The Morgan fingerprint density at radius 1 is 0.632 bits per heavy atom.